The van der Waals surface area contributed by atoms with Gasteiger partial charge in [-0.3, -0.25) is 4.68 Å². The molecule has 1 aliphatic heterocycles. The molecule has 6 heteroatoms. The molecule has 96 valence electrons. The molecule has 1 N–H and O–H groups in total. The van der Waals surface area contributed by atoms with Gasteiger partial charge in [-0.15, -0.1) is 0 Å². The summed E-state index contributed by atoms with van der Waals surface area (Å²) in [6.45, 7) is 2.42. The Labute approximate surface area is 105 Å². The molecule has 0 saturated carbocycles. The molecule has 0 amide bonds. The number of carbonyl (C=O) groups is 1. The highest BCUT2D eigenvalue weighted by molar-refractivity contribution is 5.79. The number of hydrogen-bond acceptors (Lipinski definition) is 4. The van der Waals surface area contributed by atoms with Crippen molar-refractivity contribution in [3.05, 3.63) is 11.3 Å². The maximum absolute atomic E-state index is 11.3. The lowest BCUT2D eigenvalue weighted by atomic mass is 10.0. The lowest BCUT2D eigenvalue weighted by molar-refractivity contribution is -0.139. The number of aryl methyl sites for hydroxylation is 2. The van der Waals surface area contributed by atoms with Gasteiger partial charge in [-0.2, -0.15) is 10.4 Å². The molecule has 0 bridgehead atoms. The van der Waals surface area contributed by atoms with Crippen molar-refractivity contribution < 1.29 is 9.90 Å². The molecular weight excluding hydrogens is 232 g/mol. The van der Waals surface area contributed by atoms with E-state index in [4.69, 9.17) is 0 Å². The Morgan fingerprint density at radius 1 is 1.56 bits per heavy atom. The van der Waals surface area contributed by atoms with Gasteiger partial charge in [-0.05, 0) is 26.2 Å². The summed E-state index contributed by atoms with van der Waals surface area (Å²) < 4.78 is 1.61. The Morgan fingerprint density at radius 3 is 2.89 bits per heavy atom. The summed E-state index contributed by atoms with van der Waals surface area (Å²) in [5.41, 5.74) is 1.12. The highest BCUT2D eigenvalue weighted by atomic mass is 16.4. The predicted octanol–water partition coefficient (Wildman–Crippen LogP) is 1.04. The Hall–Kier alpha value is -2.03. The van der Waals surface area contributed by atoms with Crippen LogP contribution in [0.4, 0.5) is 5.82 Å². The van der Waals surface area contributed by atoms with Gasteiger partial charge in [0.05, 0.1) is 5.69 Å². The van der Waals surface area contributed by atoms with E-state index in [1.54, 1.807) is 23.6 Å². The number of nitriles is 1. The Bertz CT molecular complexity index is 515. The molecule has 18 heavy (non-hydrogen) atoms. The topological polar surface area (TPSA) is 82.2 Å². The van der Waals surface area contributed by atoms with Crippen molar-refractivity contribution in [3.63, 3.8) is 0 Å². The fraction of sp³-hybridized carbons (Fsp3) is 0.583. The monoisotopic (exact) mass is 248 g/mol. The van der Waals surface area contributed by atoms with Crippen molar-refractivity contribution in [2.75, 3.05) is 11.4 Å². The fourth-order valence-corrected chi connectivity index (χ4v) is 2.55. The Kier molecular flexibility index (Phi) is 3.24. The number of aliphatic carboxylic acids is 1. The molecule has 2 heterocycles. The van der Waals surface area contributed by atoms with E-state index in [1.807, 2.05) is 0 Å². The minimum Gasteiger partial charge on any atom is -0.480 e. The standard InChI is InChI=1S/C12H16N4O2/c1-8-9(7-13)11(15(2)14-8)16-6-4-3-5-10(16)12(17)18/h10H,3-6H2,1-2H3,(H,17,18). The third-order valence-corrected chi connectivity index (χ3v) is 3.36. The average molecular weight is 248 g/mol. The normalized spacial score (nSPS) is 19.6. The van der Waals surface area contributed by atoms with Gasteiger partial charge in [0.1, 0.15) is 23.5 Å². The quantitative estimate of drug-likeness (QED) is 0.845. The lowest BCUT2D eigenvalue weighted by Gasteiger charge is -2.34. The highest BCUT2D eigenvalue weighted by Gasteiger charge is 2.32. The summed E-state index contributed by atoms with van der Waals surface area (Å²) in [6.07, 6.45) is 2.47. The second-order valence-electron chi connectivity index (χ2n) is 4.56. The number of anilines is 1. The van der Waals surface area contributed by atoms with Crippen LogP contribution >= 0.6 is 0 Å². The number of carboxylic acids is 1. The van der Waals surface area contributed by atoms with Crippen molar-refractivity contribution in [2.45, 2.75) is 32.2 Å². The van der Waals surface area contributed by atoms with Crippen LogP contribution in [0.3, 0.4) is 0 Å². The average Bonchev–Trinajstić information content (AvgIpc) is 2.63. The van der Waals surface area contributed by atoms with E-state index in [9.17, 15) is 15.2 Å². The first-order chi connectivity index (χ1) is 8.56. The first-order valence-electron chi connectivity index (χ1n) is 5.99. The van der Waals surface area contributed by atoms with Gasteiger partial charge in [0.2, 0.25) is 0 Å². The molecule has 1 saturated heterocycles. The molecule has 1 aromatic rings. The summed E-state index contributed by atoms with van der Waals surface area (Å²) in [5, 5.41) is 22.7. The molecule has 0 spiro atoms. The SMILES string of the molecule is Cc1nn(C)c(N2CCCCC2C(=O)O)c1C#N. The Balaban J connectivity index is 2.46. The van der Waals surface area contributed by atoms with Crippen molar-refractivity contribution in [1.29, 1.82) is 5.26 Å². The van der Waals surface area contributed by atoms with Crippen LogP contribution in [0.15, 0.2) is 0 Å². The van der Waals surface area contributed by atoms with Crippen LogP contribution in [0.1, 0.15) is 30.5 Å². The van der Waals surface area contributed by atoms with Crippen LogP contribution in [0.2, 0.25) is 0 Å². The summed E-state index contributed by atoms with van der Waals surface area (Å²) in [7, 11) is 1.75. The van der Waals surface area contributed by atoms with Crippen molar-refractivity contribution in [2.24, 2.45) is 7.05 Å². The van der Waals surface area contributed by atoms with Crippen molar-refractivity contribution in [1.82, 2.24) is 9.78 Å². The van der Waals surface area contributed by atoms with E-state index >= 15 is 0 Å². The number of hydrogen-bond donors (Lipinski definition) is 1. The number of carboxylic acid groups (broad SMARTS) is 1. The number of rotatable bonds is 2. The summed E-state index contributed by atoms with van der Waals surface area (Å²) in [6, 6.07) is 1.57. The maximum Gasteiger partial charge on any atom is 0.326 e. The molecule has 1 atom stereocenters. The molecule has 1 aromatic heterocycles. The summed E-state index contributed by atoms with van der Waals surface area (Å²) in [4.78, 5) is 13.1. The second-order valence-corrected chi connectivity index (χ2v) is 4.56. The lowest BCUT2D eigenvalue weighted by Crippen LogP contribution is -2.46. The molecular formula is C12H16N4O2. The zero-order valence-electron chi connectivity index (χ0n) is 10.6. The third-order valence-electron chi connectivity index (χ3n) is 3.36. The third kappa shape index (κ3) is 1.92. The largest absolute Gasteiger partial charge is 0.480 e. The minimum atomic E-state index is -0.836. The Morgan fingerprint density at radius 2 is 2.28 bits per heavy atom. The molecule has 1 unspecified atom stereocenters. The number of aromatic nitrogens is 2. The van der Waals surface area contributed by atoms with E-state index in [0.717, 1.165) is 12.8 Å². The van der Waals surface area contributed by atoms with Gasteiger partial charge in [0.15, 0.2) is 0 Å². The maximum atomic E-state index is 11.3. The van der Waals surface area contributed by atoms with E-state index in [2.05, 4.69) is 11.2 Å². The number of piperidine rings is 1. The zero-order chi connectivity index (χ0) is 13.3. The first-order valence-corrected chi connectivity index (χ1v) is 5.99. The first kappa shape index (κ1) is 12.4. The molecule has 0 aromatic carbocycles. The van der Waals surface area contributed by atoms with Crippen LogP contribution in [-0.2, 0) is 11.8 Å². The summed E-state index contributed by atoms with van der Waals surface area (Å²) in [5.74, 6) is -0.209. The van der Waals surface area contributed by atoms with Crippen molar-refractivity contribution in [3.8, 4) is 6.07 Å². The van der Waals surface area contributed by atoms with Gasteiger partial charge in [-0.1, -0.05) is 0 Å². The van der Waals surface area contributed by atoms with E-state index < -0.39 is 12.0 Å². The predicted molar refractivity (Wildman–Crippen MR) is 65.3 cm³/mol. The van der Waals surface area contributed by atoms with E-state index in [1.165, 1.54) is 0 Å². The molecule has 1 aliphatic rings. The molecule has 2 rings (SSSR count). The van der Waals surface area contributed by atoms with E-state index in [-0.39, 0.29) is 0 Å². The molecule has 6 nitrogen and oxygen atoms in total. The van der Waals surface area contributed by atoms with Gasteiger partial charge in [0, 0.05) is 13.6 Å². The molecule has 0 aliphatic carbocycles. The number of nitrogens with zero attached hydrogens (tertiary/aromatic N) is 4. The van der Waals surface area contributed by atoms with Gasteiger partial charge in [-0.25, -0.2) is 4.79 Å². The van der Waals surface area contributed by atoms with Gasteiger partial charge < -0.3 is 10.0 Å². The minimum absolute atomic E-state index is 0.477. The smallest absolute Gasteiger partial charge is 0.326 e. The van der Waals surface area contributed by atoms with Gasteiger partial charge in [0.25, 0.3) is 0 Å². The fourth-order valence-electron chi connectivity index (χ4n) is 2.55. The molecule has 0 radical (unpaired) electrons. The summed E-state index contributed by atoms with van der Waals surface area (Å²) >= 11 is 0. The highest BCUT2D eigenvalue weighted by Crippen LogP contribution is 2.29. The zero-order valence-corrected chi connectivity index (χ0v) is 10.6. The molecule has 1 fully saturated rings. The van der Waals surface area contributed by atoms with Crippen LogP contribution in [-0.4, -0.2) is 33.4 Å². The second kappa shape index (κ2) is 4.69. The van der Waals surface area contributed by atoms with E-state index in [0.29, 0.717) is 30.0 Å². The van der Waals surface area contributed by atoms with Crippen LogP contribution in [0.25, 0.3) is 0 Å². The van der Waals surface area contributed by atoms with Crippen LogP contribution in [0.5, 0.6) is 0 Å². The van der Waals surface area contributed by atoms with Crippen LogP contribution < -0.4 is 4.90 Å². The van der Waals surface area contributed by atoms with Crippen LogP contribution in [0, 0.1) is 18.3 Å². The van der Waals surface area contributed by atoms with Crippen molar-refractivity contribution >= 4 is 11.8 Å². The van der Waals surface area contributed by atoms with Gasteiger partial charge >= 0.3 is 5.97 Å².